The number of esters is 1. The van der Waals surface area contributed by atoms with Gasteiger partial charge in [0.1, 0.15) is 10.7 Å². The number of benzene rings is 1. The smallest absolute Gasteiger partial charge is 0.316 e. The number of thioether (sulfide) groups is 1. The number of carbonyl (C=O) groups is 2. The highest BCUT2D eigenvalue weighted by Crippen LogP contribution is 2.27. The van der Waals surface area contributed by atoms with E-state index in [2.05, 4.69) is 15.5 Å². The maximum absolute atomic E-state index is 14.3. The number of ether oxygens (including phenoxy) is 2. The van der Waals surface area contributed by atoms with E-state index >= 15 is 0 Å². The van der Waals surface area contributed by atoms with Crippen molar-refractivity contribution in [1.82, 2.24) is 14.5 Å². The van der Waals surface area contributed by atoms with Gasteiger partial charge in [-0.1, -0.05) is 23.1 Å². The van der Waals surface area contributed by atoms with Gasteiger partial charge in [0.05, 0.1) is 25.6 Å². The van der Waals surface area contributed by atoms with Gasteiger partial charge >= 0.3 is 5.97 Å². The van der Waals surface area contributed by atoms with Crippen LogP contribution in [-0.4, -0.2) is 73.5 Å². The van der Waals surface area contributed by atoms with Crippen LogP contribution in [0.1, 0.15) is 17.3 Å². The first-order valence-corrected chi connectivity index (χ1v) is 12.4. The number of sulfonamides is 1. The first-order valence-electron chi connectivity index (χ1n) is 9.12. The quantitative estimate of drug-likeness (QED) is 0.333. The summed E-state index contributed by atoms with van der Waals surface area (Å²) < 4.78 is 51.3. The third-order valence-corrected chi connectivity index (χ3v) is 7.89. The second-order valence-electron chi connectivity index (χ2n) is 6.08. The van der Waals surface area contributed by atoms with E-state index in [9.17, 15) is 22.4 Å². The molecule has 1 aliphatic heterocycles. The summed E-state index contributed by atoms with van der Waals surface area (Å²) in [6.07, 6.45) is 0. The van der Waals surface area contributed by atoms with E-state index in [0.717, 1.165) is 39.5 Å². The standard InChI is InChI=1S/C17H19FN4O6S3/c1-2-28-14(23)10-29-17-21-20-16(30-17)19-15(24)11-3-4-12(18)13(9-11)31(25,26)22-5-7-27-8-6-22/h3-4,9H,2,5-8,10H2,1H3,(H,19,20,24). The average molecular weight is 491 g/mol. The predicted octanol–water partition coefficient (Wildman–Crippen LogP) is 1.61. The summed E-state index contributed by atoms with van der Waals surface area (Å²) >= 11 is 2.15. The molecule has 0 spiro atoms. The lowest BCUT2D eigenvalue weighted by Crippen LogP contribution is -2.41. The zero-order valence-electron chi connectivity index (χ0n) is 16.4. The molecule has 1 saturated heterocycles. The Kier molecular flexibility index (Phi) is 7.94. The van der Waals surface area contributed by atoms with E-state index in [0.29, 0.717) is 4.34 Å². The van der Waals surface area contributed by atoms with Crippen LogP contribution in [0.25, 0.3) is 0 Å². The summed E-state index contributed by atoms with van der Waals surface area (Å²) in [5.74, 6) is -1.96. The van der Waals surface area contributed by atoms with Crippen LogP contribution in [0, 0.1) is 5.82 Å². The molecule has 10 nitrogen and oxygen atoms in total. The molecule has 31 heavy (non-hydrogen) atoms. The Bertz CT molecular complexity index is 1060. The fourth-order valence-corrected chi connectivity index (χ4v) is 5.62. The van der Waals surface area contributed by atoms with Crippen molar-refractivity contribution in [3.05, 3.63) is 29.6 Å². The van der Waals surface area contributed by atoms with Crippen LogP contribution >= 0.6 is 23.1 Å². The van der Waals surface area contributed by atoms with E-state index in [1.165, 1.54) is 6.07 Å². The molecule has 1 fully saturated rings. The molecule has 3 rings (SSSR count). The number of rotatable bonds is 8. The second kappa shape index (κ2) is 10.5. The maximum atomic E-state index is 14.3. The lowest BCUT2D eigenvalue weighted by molar-refractivity contribution is -0.139. The first-order chi connectivity index (χ1) is 14.8. The Morgan fingerprint density at radius 2 is 2.06 bits per heavy atom. The highest BCUT2D eigenvalue weighted by Gasteiger charge is 2.30. The number of hydrogen-bond donors (Lipinski definition) is 1. The van der Waals surface area contributed by atoms with Gasteiger partial charge in [-0.15, -0.1) is 10.2 Å². The molecule has 1 amide bonds. The molecule has 0 atom stereocenters. The molecule has 0 radical (unpaired) electrons. The third kappa shape index (κ3) is 5.98. The monoisotopic (exact) mass is 490 g/mol. The van der Waals surface area contributed by atoms with Gasteiger partial charge in [0.15, 0.2) is 4.34 Å². The van der Waals surface area contributed by atoms with Gasteiger partial charge in [-0.05, 0) is 25.1 Å². The highest BCUT2D eigenvalue weighted by atomic mass is 32.2. The Hall–Kier alpha value is -2.13. The molecule has 0 aliphatic carbocycles. The van der Waals surface area contributed by atoms with Crippen molar-refractivity contribution in [2.45, 2.75) is 16.2 Å². The topological polar surface area (TPSA) is 128 Å². The van der Waals surface area contributed by atoms with Crippen LogP contribution in [0.15, 0.2) is 27.4 Å². The van der Waals surface area contributed by atoms with Crippen LogP contribution < -0.4 is 5.32 Å². The first kappa shape index (κ1) is 23.5. The lowest BCUT2D eigenvalue weighted by atomic mass is 10.2. The zero-order chi connectivity index (χ0) is 22.4. The van der Waals surface area contributed by atoms with Gasteiger partial charge < -0.3 is 9.47 Å². The fourth-order valence-electron chi connectivity index (χ4n) is 2.58. The van der Waals surface area contributed by atoms with Crippen molar-refractivity contribution < 1.29 is 31.9 Å². The number of halogens is 1. The van der Waals surface area contributed by atoms with Gasteiger partial charge in [-0.25, -0.2) is 12.8 Å². The van der Waals surface area contributed by atoms with Crippen molar-refractivity contribution in [1.29, 1.82) is 0 Å². The van der Waals surface area contributed by atoms with Gasteiger partial charge in [0, 0.05) is 18.7 Å². The number of nitrogens with zero attached hydrogens (tertiary/aromatic N) is 3. The number of carbonyl (C=O) groups excluding carboxylic acids is 2. The minimum absolute atomic E-state index is 0.0517. The maximum Gasteiger partial charge on any atom is 0.316 e. The van der Waals surface area contributed by atoms with Crippen molar-refractivity contribution >= 4 is 50.1 Å². The Morgan fingerprint density at radius 1 is 1.32 bits per heavy atom. The highest BCUT2D eigenvalue weighted by molar-refractivity contribution is 8.01. The number of nitrogens with one attached hydrogen (secondary N) is 1. The third-order valence-electron chi connectivity index (χ3n) is 4.03. The Labute approximate surface area is 186 Å². The molecule has 0 bridgehead atoms. The van der Waals surface area contributed by atoms with Crippen molar-refractivity contribution in [2.75, 3.05) is 44.0 Å². The Balaban J connectivity index is 1.70. The summed E-state index contributed by atoms with van der Waals surface area (Å²) in [6, 6.07) is 3.11. The summed E-state index contributed by atoms with van der Waals surface area (Å²) in [5.41, 5.74) is -0.0517. The number of morpholine rings is 1. The summed E-state index contributed by atoms with van der Waals surface area (Å²) in [5, 5.41) is 10.3. The number of hydrogen-bond acceptors (Lipinski definition) is 10. The Morgan fingerprint density at radius 3 is 2.77 bits per heavy atom. The van der Waals surface area contributed by atoms with E-state index in [-0.39, 0.29) is 49.4 Å². The van der Waals surface area contributed by atoms with Crippen molar-refractivity contribution in [2.24, 2.45) is 0 Å². The average Bonchev–Trinajstić information content (AvgIpc) is 3.20. The minimum atomic E-state index is -4.11. The van der Waals surface area contributed by atoms with Crippen LogP contribution in [-0.2, 0) is 24.3 Å². The van der Waals surface area contributed by atoms with Crippen LogP contribution in [0.5, 0.6) is 0 Å². The molecule has 1 aromatic heterocycles. The van der Waals surface area contributed by atoms with Crippen LogP contribution in [0.4, 0.5) is 9.52 Å². The number of amides is 1. The van der Waals surface area contributed by atoms with Gasteiger partial charge in [-0.2, -0.15) is 4.31 Å². The molecule has 1 aliphatic rings. The van der Waals surface area contributed by atoms with E-state index in [1.807, 2.05) is 0 Å². The van der Waals surface area contributed by atoms with E-state index < -0.39 is 32.6 Å². The molecule has 1 N–H and O–H groups in total. The van der Waals surface area contributed by atoms with Crippen LogP contribution in [0.3, 0.4) is 0 Å². The number of aromatic nitrogens is 2. The fraction of sp³-hybridized carbons (Fsp3) is 0.412. The molecule has 0 saturated carbocycles. The van der Waals surface area contributed by atoms with E-state index in [4.69, 9.17) is 9.47 Å². The van der Waals surface area contributed by atoms with E-state index in [1.54, 1.807) is 6.92 Å². The molecule has 14 heteroatoms. The second-order valence-corrected chi connectivity index (χ2v) is 10.2. The molecule has 2 aromatic rings. The van der Waals surface area contributed by atoms with Crippen LogP contribution in [0.2, 0.25) is 0 Å². The normalized spacial score (nSPS) is 14.9. The largest absolute Gasteiger partial charge is 0.465 e. The predicted molar refractivity (Wildman–Crippen MR) is 111 cm³/mol. The molecule has 168 valence electrons. The minimum Gasteiger partial charge on any atom is -0.465 e. The molecule has 1 aromatic carbocycles. The lowest BCUT2D eigenvalue weighted by Gasteiger charge is -2.26. The molecular weight excluding hydrogens is 471 g/mol. The zero-order valence-corrected chi connectivity index (χ0v) is 18.8. The number of anilines is 1. The van der Waals surface area contributed by atoms with Crippen molar-refractivity contribution in [3.63, 3.8) is 0 Å². The molecule has 0 unspecified atom stereocenters. The van der Waals surface area contributed by atoms with Crippen molar-refractivity contribution in [3.8, 4) is 0 Å². The van der Waals surface area contributed by atoms with Gasteiger partial charge in [0.25, 0.3) is 5.91 Å². The summed E-state index contributed by atoms with van der Waals surface area (Å²) in [7, 11) is -4.11. The van der Waals surface area contributed by atoms with Gasteiger partial charge in [0.2, 0.25) is 15.2 Å². The molecular formula is C17H19FN4O6S3. The van der Waals surface area contributed by atoms with Gasteiger partial charge in [-0.3, -0.25) is 14.9 Å². The molecule has 2 heterocycles. The SMILES string of the molecule is CCOC(=O)CSc1nnc(NC(=O)c2ccc(F)c(S(=O)(=O)N3CCOCC3)c2)s1. The summed E-state index contributed by atoms with van der Waals surface area (Å²) in [4.78, 5) is 23.4. The summed E-state index contributed by atoms with van der Waals surface area (Å²) in [6.45, 7) is 2.62.